The molecule has 3 fully saturated rings. The van der Waals surface area contributed by atoms with Crippen molar-refractivity contribution in [3.8, 4) is 0 Å². The third-order valence-electron chi connectivity index (χ3n) is 6.11. The lowest BCUT2D eigenvalue weighted by Gasteiger charge is -2.34. The van der Waals surface area contributed by atoms with E-state index in [1.54, 1.807) is 12.3 Å². The summed E-state index contributed by atoms with van der Waals surface area (Å²) in [6, 6.07) is 3.69. The van der Waals surface area contributed by atoms with E-state index < -0.39 is 0 Å². The number of aromatic nitrogens is 1. The molecule has 2 saturated carbocycles. The maximum atomic E-state index is 12.7. The van der Waals surface area contributed by atoms with Crippen LogP contribution in [0.4, 0.5) is 0 Å². The molecule has 0 radical (unpaired) electrons. The van der Waals surface area contributed by atoms with Crippen molar-refractivity contribution >= 4 is 11.8 Å². The molecule has 3 aliphatic rings. The fourth-order valence-electron chi connectivity index (χ4n) is 4.14. The topological polar surface area (TPSA) is 65.5 Å². The van der Waals surface area contributed by atoms with Gasteiger partial charge in [0.2, 0.25) is 5.91 Å². The quantitative estimate of drug-likeness (QED) is 0.832. The summed E-state index contributed by atoms with van der Waals surface area (Å²) in [5.41, 5.74) is 1.43. The first-order valence-electron chi connectivity index (χ1n) is 10.4. The van der Waals surface area contributed by atoms with Crippen molar-refractivity contribution in [3.63, 3.8) is 0 Å². The Balaban J connectivity index is 1.24. The van der Waals surface area contributed by atoms with Crippen LogP contribution in [0.25, 0.3) is 0 Å². The van der Waals surface area contributed by atoms with Crippen LogP contribution in [0.5, 0.6) is 0 Å². The average Bonchev–Trinajstić information content (AvgIpc) is 3.34. The van der Waals surface area contributed by atoms with Crippen LogP contribution >= 0.6 is 0 Å². The molecule has 27 heavy (non-hydrogen) atoms. The third-order valence-corrected chi connectivity index (χ3v) is 6.11. The van der Waals surface area contributed by atoms with Crippen molar-refractivity contribution in [2.45, 2.75) is 45.1 Å². The monoisotopic (exact) mass is 370 g/mol. The van der Waals surface area contributed by atoms with E-state index >= 15 is 0 Å². The van der Waals surface area contributed by atoms with Gasteiger partial charge in [-0.2, -0.15) is 0 Å². The van der Waals surface area contributed by atoms with Gasteiger partial charge in [-0.25, -0.2) is 0 Å². The number of amides is 2. The van der Waals surface area contributed by atoms with Crippen LogP contribution < -0.4 is 5.32 Å². The Hall–Kier alpha value is -1.95. The van der Waals surface area contributed by atoms with Gasteiger partial charge in [0.05, 0.1) is 0 Å². The number of piperazine rings is 1. The van der Waals surface area contributed by atoms with Crippen molar-refractivity contribution in [1.29, 1.82) is 0 Å². The maximum Gasteiger partial charge on any atom is 0.272 e. The lowest BCUT2D eigenvalue weighted by molar-refractivity contribution is -0.124. The summed E-state index contributed by atoms with van der Waals surface area (Å²) in [6.45, 7) is 5.18. The molecule has 1 aliphatic heterocycles. The Morgan fingerprint density at radius 2 is 1.78 bits per heavy atom. The number of carbonyl (C=O) groups is 2. The SMILES string of the molecule is O=C(NCc1ccc(C(=O)N2CCN(CC3CC3)CC2)nc1)C1CCCC1. The number of rotatable bonds is 6. The van der Waals surface area contributed by atoms with Gasteiger partial charge in [-0.1, -0.05) is 18.9 Å². The van der Waals surface area contributed by atoms with Crippen molar-refractivity contribution in [2.24, 2.45) is 11.8 Å². The third kappa shape index (κ3) is 4.86. The highest BCUT2D eigenvalue weighted by Crippen LogP contribution is 2.30. The fraction of sp³-hybridized carbons (Fsp3) is 0.667. The van der Waals surface area contributed by atoms with Crippen molar-refractivity contribution < 1.29 is 9.59 Å². The molecule has 1 aromatic heterocycles. The van der Waals surface area contributed by atoms with Gasteiger partial charge in [-0.3, -0.25) is 19.5 Å². The summed E-state index contributed by atoms with van der Waals surface area (Å²) < 4.78 is 0. The highest BCUT2D eigenvalue weighted by molar-refractivity contribution is 5.92. The van der Waals surface area contributed by atoms with Crippen LogP contribution in [0.15, 0.2) is 18.3 Å². The predicted molar refractivity (Wildman–Crippen MR) is 103 cm³/mol. The molecule has 2 amide bonds. The normalized spacial score (nSPS) is 21.4. The number of hydrogen-bond acceptors (Lipinski definition) is 4. The number of nitrogens with one attached hydrogen (secondary N) is 1. The van der Waals surface area contributed by atoms with Crippen LogP contribution in [0, 0.1) is 11.8 Å². The predicted octanol–water partition coefficient (Wildman–Crippen LogP) is 2.06. The van der Waals surface area contributed by atoms with E-state index in [-0.39, 0.29) is 17.7 Å². The van der Waals surface area contributed by atoms with E-state index in [1.165, 1.54) is 19.4 Å². The maximum absolute atomic E-state index is 12.7. The Morgan fingerprint density at radius 1 is 1.04 bits per heavy atom. The van der Waals surface area contributed by atoms with Crippen LogP contribution in [-0.4, -0.2) is 59.3 Å². The van der Waals surface area contributed by atoms with Gasteiger partial charge < -0.3 is 10.2 Å². The molecule has 4 rings (SSSR count). The minimum atomic E-state index is 0.0163. The van der Waals surface area contributed by atoms with Gasteiger partial charge >= 0.3 is 0 Å². The second-order valence-electron chi connectivity index (χ2n) is 8.29. The lowest BCUT2D eigenvalue weighted by Crippen LogP contribution is -2.49. The van der Waals surface area contributed by atoms with E-state index in [4.69, 9.17) is 0 Å². The minimum absolute atomic E-state index is 0.0163. The highest BCUT2D eigenvalue weighted by atomic mass is 16.2. The van der Waals surface area contributed by atoms with E-state index in [0.717, 1.165) is 63.3 Å². The Bertz CT molecular complexity index is 657. The first kappa shape index (κ1) is 18.4. The molecular formula is C21H30N4O2. The van der Waals surface area contributed by atoms with E-state index in [9.17, 15) is 9.59 Å². The largest absolute Gasteiger partial charge is 0.352 e. The Morgan fingerprint density at radius 3 is 2.41 bits per heavy atom. The van der Waals surface area contributed by atoms with E-state index in [2.05, 4.69) is 15.2 Å². The molecule has 1 saturated heterocycles. The minimum Gasteiger partial charge on any atom is -0.352 e. The second-order valence-corrected chi connectivity index (χ2v) is 8.29. The molecule has 0 atom stereocenters. The van der Waals surface area contributed by atoms with Gasteiger partial charge in [-0.15, -0.1) is 0 Å². The molecule has 2 aliphatic carbocycles. The fourth-order valence-corrected chi connectivity index (χ4v) is 4.14. The van der Waals surface area contributed by atoms with E-state index in [0.29, 0.717) is 12.2 Å². The molecule has 0 spiro atoms. The summed E-state index contributed by atoms with van der Waals surface area (Å²) >= 11 is 0. The molecule has 1 aromatic rings. The zero-order chi connectivity index (χ0) is 18.6. The standard InChI is InChI=1S/C21H30N4O2/c26-20(18-3-1-2-4-18)23-14-17-7-8-19(22-13-17)21(27)25-11-9-24(10-12-25)15-16-5-6-16/h7-8,13,16,18H,1-6,9-12,14-15H2,(H,23,26). The molecular weight excluding hydrogens is 340 g/mol. The summed E-state index contributed by atoms with van der Waals surface area (Å²) in [4.78, 5) is 33.5. The van der Waals surface area contributed by atoms with Crippen LogP contribution in [-0.2, 0) is 11.3 Å². The van der Waals surface area contributed by atoms with Crippen LogP contribution in [0.2, 0.25) is 0 Å². The van der Waals surface area contributed by atoms with Gasteiger partial charge in [0.1, 0.15) is 5.69 Å². The molecule has 0 aromatic carbocycles. The molecule has 1 N–H and O–H groups in total. The first-order chi connectivity index (χ1) is 13.2. The Kier molecular flexibility index (Phi) is 5.72. The molecule has 146 valence electrons. The zero-order valence-corrected chi connectivity index (χ0v) is 16.0. The summed E-state index contributed by atoms with van der Waals surface area (Å²) in [5, 5.41) is 3.00. The van der Waals surface area contributed by atoms with Gasteiger partial charge in [-0.05, 0) is 43.2 Å². The zero-order valence-electron chi connectivity index (χ0n) is 16.0. The van der Waals surface area contributed by atoms with Gasteiger partial charge in [0, 0.05) is 51.4 Å². The smallest absolute Gasteiger partial charge is 0.272 e. The summed E-state index contributed by atoms with van der Waals surface area (Å²) in [5.74, 6) is 1.24. The van der Waals surface area contributed by atoms with E-state index in [1.807, 2.05) is 11.0 Å². The summed E-state index contributed by atoms with van der Waals surface area (Å²) in [7, 11) is 0. The number of carbonyl (C=O) groups excluding carboxylic acids is 2. The van der Waals surface area contributed by atoms with Crippen LogP contribution in [0.3, 0.4) is 0 Å². The summed E-state index contributed by atoms with van der Waals surface area (Å²) in [6.07, 6.45) is 8.78. The van der Waals surface area contributed by atoms with Gasteiger partial charge in [0.25, 0.3) is 5.91 Å². The molecule has 0 unspecified atom stereocenters. The van der Waals surface area contributed by atoms with Crippen molar-refractivity contribution in [2.75, 3.05) is 32.7 Å². The molecule has 2 heterocycles. The Labute approximate surface area is 161 Å². The lowest BCUT2D eigenvalue weighted by atomic mass is 10.1. The average molecular weight is 370 g/mol. The number of pyridine rings is 1. The van der Waals surface area contributed by atoms with Gasteiger partial charge in [0.15, 0.2) is 0 Å². The number of hydrogen-bond donors (Lipinski definition) is 1. The molecule has 0 bridgehead atoms. The second kappa shape index (κ2) is 8.38. The first-order valence-corrected chi connectivity index (χ1v) is 10.4. The van der Waals surface area contributed by atoms with Crippen molar-refractivity contribution in [3.05, 3.63) is 29.6 Å². The highest BCUT2D eigenvalue weighted by Gasteiger charge is 2.28. The van der Waals surface area contributed by atoms with Crippen molar-refractivity contribution in [1.82, 2.24) is 20.1 Å². The van der Waals surface area contributed by atoms with Crippen LogP contribution in [0.1, 0.15) is 54.6 Å². The molecule has 6 heteroatoms. The molecule has 6 nitrogen and oxygen atoms in total. The number of nitrogens with zero attached hydrogens (tertiary/aromatic N) is 3.